The summed E-state index contributed by atoms with van der Waals surface area (Å²) in [4.78, 5) is 11.5. The molecule has 5 heteroatoms. The number of nitrogens with one attached hydrogen (secondary N) is 1. The molecule has 0 aromatic carbocycles. The van der Waals surface area contributed by atoms with E-state index in [1.54, 1.807) is 0 Å². The molecule has 1 fully saturated rings. The number of hydrogen-bond donors (Lipinski definition) is 2. The van der Waals surface area contributed by atoms with Crippen LogP contribution in [-0.2, 0) is 14.3 Å². The Morgan fingerprint density at radius 3 is 2.95 bits per heavy atom. The molecular formula is C14H28N2O3. The predicted molar refractivity (Wildman–Crippen MR) is 74.9 cm³/mol. The molecule has 1 amide bonds. The third kappa shape index (κ3) is 8.97. The molecule has 1 saturated heterocycles. The maximum absolute atomic E-state index is 11.5. The summed E-state index contributed by atoms with van der Waals surface area (Å²) in [6.45, 7) is 6.73. The van der Waals surface area contributed by atoms with E-state index in [-0.39, 0.29) is 17.6 Å². The molecule has 0 aromatic rings. The Labute approximate surface area is 116 Å². The molecule has 5 nitrogen and oxygen atoms in total. The Kier molecular flexibility index (Phi) is 7.34. The molecule has 19 heavy (non-hydrogen) atoms. The Hall–Kier alpha value is -0.650. The molecule has 1 atom stereocenters. The van der Waals surface area contributed by atoms with E-state index < -0.39 is 0 Å². The summed E-state index contributed by atoms with van der Waals surface area (Å²) < 4.78 is 11.0. The van der Waals surface area contributed by atoms with Crippen LogP contribution in [0.1, 0.15) is 46.0 Å². The normalized spacial score (nSPS) is 19.6. The van der Waals surface area contributed by atoms with Gasteiger partial charge in [-0.1, -0.05) is 0 Å². The highest BCUT2D eigenvalue weighted by Gasteiger charge is 2.15. The first kappa shape index (κ1) is 16.4. The standard InChI is InChI=1S/C14H28N2O3/c1-14(2,15)7-6-13(17)16-8-4-9-18-11-12-5-3-10-19-12/h12H,3-11,15H2,1-2H3,(H,16,17). The van der Waals surface area contributed by atoms with Gasteiger partial charge < -0.3 is 20.5 Å². The van der Waals surface area contributed by atoms with Crippen molar-refractivity contribution in [3.63, 3.8) is 0 Å². The van der Waals surface area contributed by atoms with E-state index in [0.29, 0.717) is 32.6 Å². The van der Waals surface area contributed by atoms with E-state index in [2.05, 4.69) is 5.32 Å². The summed E-state index contributed by atoms with van der Waals surface area (Å²) in [6.07, 6.45) is 4.55. The van der Waals surface area contributed by atoms with E-state index in [9.17, 15) is 4.79 Å². The van der Waals surface area contributed by atoms with Gasteiger partial charge in [-0.05, 0) is 39.5 Å². The van der Waals surface area contributed by atoms with Crippen molar-refractivity contribution in [1.29, 1.82) is 0 Å². The third-order valence-electron chi connectivity index (χ3n) is 3.11. The number of ether oxygens (including phenoxy) is 2. The molecule has 0 radical (unpaired) electrons. The maximum Gasteiger partial charge on any atom is 0.220 e. The Bertz CT molecular complexity index is 258. The lowest BCUT2D eigenvalue weighted by molar-refractivity contribution is -0.121. The summed E-state index contributed by atoms with van der Waals surface area (Å²) in [5.74, 6) is 0.0673. The second-order valence-corrected chi connectivity index (χ2v) is 5.90. The van der Waals surface area contributed by atoms with Gasteiger partial charge in [0.15, 0.2) is 0 Å². The molecule has 3 N–H and O–H groups in total. The summed E-state index contributed by atoms with van der Waals surface area (Å²) in [5, 5.41) is 2.88. The van der Waals surface area contributed by atoms with Crippen LogP contribution in [-0.4, -0.2) is 43.9 Å². The summed E-state index contributed by atoms with van der Waals surface area (Å²) in [5.41, 5.74) is 5.55. The second kappa shape index (κ2) is 8.51. The molecule has 0 saturated carbocycles. The fraction of sp³-hybridized carbons (Fsp3) is 0.929. The molecule has 0 aromatic heterocycles. The van der Waals surface area contributed by atoms with Crippen LogP contribution in [0.25, 0.3) is 0 Å². The molecule has 1 aliphatic rings. The lowest BCUT2D eigenvalue weighted by Crippen LogP contribution is -2.34. The average molecular weight is 272 g/mol. The predicted octanol–water partition coefficient (Wildman–Crippen LogP) is 1.21. The maximum atomic E-state index is 11.5. The van der Waals surface area contributed by atoms with Crippen molar-refractivity contribution in [3.8, 4) is 0 Å². The van der Waals surface area contributed by atoms with Crippen molar-refractivity contribution in [2.45, 2.75) is 57.6 Å². The molecule has 112 valence electrons. The van der Waals surface area contributed by atoms with Crippen LogP contribution in [0.5, 0.6) is 0 Å². The molecule has 1 heterocycles. The minimum absolute atomic E-state index is 0.0673. The SMILES string of the molecule is CC(C)(N)CCC(=O)NCCCOCC1CCCO1. The highest BCUT2D eigenvalue weighted by molar-refractivity contribution is 5.75. The van der Waals surface area contributed by atoms with Gasteiger partial charge in [0.25, 0.3) is 0 Å². The van der Waals surface area contributed by atoms with E-state index in [1.807, 2.05) is 13.8 Å². The molecule has 0 bridgehead atoms. The van der Waals surface area contributed by atoms with Crippen molar-refractivity contribution in [2.75, 3.05) is 26.4 Å². The fourth-order valence-corrected chi connectivity index (χ4v) is 1.92. The Morgan fingerprint density at radius 1 is 1.53 bits per heavy atom. The van der Waals surface area contributed by atoms with Crippen molar-refractivity contribution in [1.82, 2.24) is 5.32 Å². The van der Waals surface area contributed by atoms with Gasteiger partial charge in [-0.2, -0.15) is 0 Å². The number of hydrogen-bond acceptors (Lipinski definition) is 4. The van der Waals surface area contributed by atoms with Crippen molar-refractivity contribution in [3.05, 3.63) is 0 Å². The fourth-order valence-electron chi connectivity index (χ4n) is 1.92. The zero-order valence-electron chi connectivity index (χ0n) is 12.2. The van der Waals surface area contributed by atoms with Gasteiger partial charge in [-0.3, -0.25) is 4.79 Å². The number of carbonyl (C=O) groups excluding carboxylic acids is 1. The molecule has 0 spiro atoms. The topological polar surface area (TPSA) is 73.6 Å². The quantitative estimate of drug-likeness (QED) is 0.619. The molecule has 1 unspecified atom stereocenters. The van der Waals surface area contributed by atoms with Gasteiger partial charge in [0.2, 0.25) is 5.91 Å². The second-order valence-electron chi connectivity index (χ2n) is 5.90. The third-order valence-corrected chi connectivity index (χ3v) is 3.11. The van der Waals surface area contributed by atoms with Crippen LogP contribution in [0.15, 0.2) is 0 Å². The summed E-state index contributed by atoms with van der Waals surface area (Å²) >= 11 is 0. The van der Waals surface area contributed by atoms with Gasteiger partial charge in [-0.25, -0.2) is 0 Å². The molecule has 1 aliphatic heterocycles. The van der Waals surface area contributed by atoms with E-state index in [1.165, 1.54) is 0 Å². The lowest BCUT2D eigenvalue weighted by Gasteiger charge is -2.17. The summed E-state index contributed by atoms with van der Waals surface area (Å²) in [7, 11) is 0. The first-order chi connectivity index (χ1) is 8.97. The number of nitrogens with two attached hydrogens (primary N) is 1. The molecular weight excluding hydrogens is 244 g/mol. The van der Waals surface area contributed by atoms with E-state index in [0.717, 1.165) is 25.9 Å². The lowest BCUT2D eigenvalue weighted by atomic mass is 10.00. The van der Waals surface area contributed by atoms with Gasteiger partial charge in [-0.15, -0.1) is 0 Å². The number of rotatable bonds is 9. The number of carbonyl (C=O) groups is 1. The van der Waals surface area contributed by atoms with Gasteiger partial charge in [0.05, 0.1) is 12.7 Å². The average Bonchev–Trinajstić information content (AvgIpc) is 2.83. The van der Waals surface area contributed by atoms with Crippen LogP contribution >= 0.6 is 0 Å². The van der Waals surface area contributed by atoms with Crippen LogP contribution in [0.3, 0.4) is 0 Å². The van der Waals surface area contributed by atoms with E-state index >= 15 is 0 Å². The van der Waals surface area contributed by atoms with Crippen molar-refractivity contribution < 1.29 is 14.3 Å². The minimum Gasteiger partial charge on any atom is -0.379 e. The van der Waals surface area contributed by atoms with E-state index in [4.69, 9.17) is 15.2 Å². The highest BCUT2D eigenvalue weighted by atomic mass is 16.5. The van der Waals surface area contributed by atoms with Crippen molar-refractivity contribution >= 4 is 5.91 Å². The first-order valence-electron chi connectivity index (χ1n) is 7.22. The Balaban J connectivity index is 1.88. The monoisotopic (exact) mass is 272 g/mol. The van der Waals surface area contributed by atoms with Gasteiger partial charge in [0.1, 0.15) is 0 Å². The van der Waals surface area contributed by atoms with Gasteiger partial charge >= 0.3 is 0 Å². The molecule has 1 rings (SSSR count). The minimum atomic E-state index is -0.276. The van der Waals surface area contributed by atoms with Crippen LogP contribution in [0, 0.1) is 0 Å². The van der Waals surface area contributed by atoms with Crippen molar-refractivity contribution in [2.24, 2.45) is 5.73 Å². The van der Waals surface area contributed by atoms with Crippen LogP contribution in [0.4, 0.5) is 0 Å². The largest absolute Gasteiger partial charge is 0.379 e. The van der Waals surface area contributed by atoms with Crippen LogP contribution < -0.4 is 11.1 Å². The van der Waals surface area contributed by atoms with Crippen LogP contribution in [0.2, 0.25) is 0 Å². The highest BCUT2D eigenvalue weighted by Crippen LogP contribution is 2.11. The zero-order chi connectivity index (χ0) is 14.1. The smallest absolute Gasteiger partial charge is 0.220 e. The Morgan fingerprint density at radius 2 is 2.32 bits per heavy atom. The number of amides is 1. The summed E-state index contributed by atoms with van der Waals surface area (Å²) in [6, 6.07) is 0. The van der Waals surface area contributed by atoms with Gasteiger partial charge in [0, 0.05) is 31.7 Å². The molecule has 0 aliphatic carbocycles. The zero-order valence-corrected chi connectivity index (χ0v) is 12.2. The first-order valence-corrected chi connectivity index (χ1v) is 7.22.